The maximum absolute atomic E-state index is 12.0. The number of halogens is 1. The Kier molecular flexibility index (Phi) is 7.34. The highest BCUT2D eigenvalue weighted by Gasteiger charge is 2.12. The third-order valence-electron chi connectivity index (χ3n) is 4.11. The van der Waals surface area contributed by atoms with E-state index >= 15 is 0 Å². The first-order valence-corrected chi connectivity index (χ1v) is 10.0. The summed E-state index contributed by atoms with van der Waals surface area (Å²) in [6.07, 6.45) is 4.58. The van der Waals surface area contributed by atoms with Gasteiger partial charge in [-0.3, -0.25) is 10.1 Å². The summed E-state index contributed by atoms with van der Waals surface area (Å²) in [6.45, 7) is -0.570. The Morgan fingerprint density at radius 2 is 1.81 bits per heavy atom. The Hall–Kier alpha value is -3.72. The van der Waals surface area contributed by atoms with Gasteiger partial charge in [-0.2, -0.15) is 5.10 Å². The fourth-order valence-electron chi connectivity index (χ4n) is 2.62. The molecule has 3 rings (SSSR count). The number of nitrogens with zero attached hydrogens (tertiary/aromatic N) is 2. The van der Waals surface area contributed by atoms with E-state index in [9.17, 15) is 14.4 Å². The lowest BCUT2D eigenvalue weighted by Crippen LogP contribution is -2.39. The summed E-state index contributed by atoms with van der Waals surface area (Å²) in [5, 5.41) is 8.91. The van der Waals surface area contributed by atoms with Gasteiger partial charge < -0.3 is 10.1 Å². The molecule has 0 aliphatic heterocycles. The summed E-state index contributed by atoms with van der Waals surface area (Å²) in [4.78, 5) is 34.6. The first kappa shape index (κ1) is 22.0. The molecular weight excluding hydrogens is 464 g/mol. The van der Waals surface area contributed by atoms with Gasteiger partial charge in [0.25, 0.3) is 5.91 Å². The number of urea groups is 1. The largest absolute Gasteiger partial charge is 0.452 e. The van der Waals surface area contributed by atoms with E-state index in [1.165, 1.54) is 13.1 Å². The van der Waals surface area contributed by atoms with Gasteiger partial charge >= 0.3 is 12.0 Å². The Bertz CT molecular complexity index is 1110. The molecule has 0 bridgehead atoms. The molecule has 0 radical (unpaired) electrons. The zero-order valence-corrected chi connectivity index (χ0v) is 18.1. The van der Waals surface area contributed by atoms with Crippen molar-refractivity contribution in [2.75, 3.05) is 13.7 Å². The van der Waals surface area contributed by atoms with E-state index in [1.807, 2.05) is 59.9 Å². The highest BCUT2D eigenvalue weighted by atomic mass is 79.9. The molecule has 0 aliphatic rings. The average molecular weight is 483 g/mol. The quantitative estimate of drug-likeness (QED) is 0.414. The van der Waals surface area contributed by atoms with Gasteiger partial charge in [-0.25, -0.2) is 14.3 Å². The van der Waals surface area contributed by atoms with Crippen LogP contribution in [0.15, 0.2) is 71.3 Å². The molecule has 2 N–H and O–H groups in total. The average Bonchev–Trinajstić information content (AvgIpc) is 3.21. The highest BCUT2D eigenvalue weighted by Crippen LogP contribution is 2.26. The summed E-state index contributed by atoms with van der Waals surface area (Å²) < 4.78 is 7.53. The Labute approximate surface area is 187 Å². The van der Waals surface area contributed by atoms with Crippen molar-refractivity contribution in [3.8, 4) is 16.9 Å². The lowest BCUT2D eigenvalue weighted by Gasteiger charge is -2.03. The highest BCUT2D eigenvalue weighted by molar-refractivity contribution is 9.10. The van der Waals surface area contributed by atoms with Gasteiger partial charge in [0.05, 0.1) is 11.4 Å². The van der Waals surface area contributed by atoms with Crippen LogP contribution in [0.5, 0.6) is 0 Å². The van der Waals surface area contributed by atoms with E-state index < -0.39 is 24.5 Å². The molecule has 3 aromatic rings. The van der Waals surface area contributed by atoms with Crippen LogP contribution in [0.1, 0.15) is 5.56 Å². The van der Waals surface area contributed by atoms with Crippen LogP contribution in [-0.2, 0) is 14.3 Å². The second-order valence-corrected chi connectivity index (χ2v) is 7.20. The number of imide groups is 1. The summed E-state index contributed by atoms with van der Waals surface area (Å²) in [6, 6.07) is 16.6. The first-order valence-electron chi connectivity index (χ1n) is 9.23. The molecule has 2 aromatic carbocycles. The maximum atomic E-state index is 12.0. The van der Waals surface area contributed by atoms with Gasteiger partial charge in [0.1, 0.15) is 0 Å². The number of para-hydroxylation sites is 1. The van der Waals surface area contributed by atoms with Crippen LogP contribution in [-0.4, -0.2) is 41.3 Å². The van der Waals surface area contributed by atoms with Gasteiger partial charge in [0, 0.05) is 34.9 Å². The molecule has 31 heavy (non-hydrogen) atoms. The number of nitrogens with one attached hydrogen (secondary N) is 2. The summed E-state index contributed by atoms with van der Waals surface area (Å²) in [7, 11) is 1.37. The number of rotatable bonds is 6. The van der Waals surface area contributed by atoms with E-state index in [2.05, 4.69) is 26.3 Å². The van der Waals surface area contributed by atoms with Crippen LogP contribution >= 0.6 is 15.9 Å². The third kappa shape index (κ3) is 6.13. The molecule has 0 saturated heterocycles. The van der Waals surface area contributed by atoms with E-state index in [1.54, 1.807) is 17.0 Å². The van der Waals surface area contributed by atoms with Gasteiger partial charge in [0.2, 0.25) is 0 Å². The second-order valence-electron chi connectivity index (χ2n) is 6.29. The predicted octanol–water partition coefficient (Wildman–Crippen LogP) is 3.31. The van der Waals surface area contributed by atoms with Crippen molar-refractivity contribution in [3.05, 3.63) is 76.9 Å². The summed E-state index contributed by atoms with van der Waals surface area (Å²) >= 11 is 3.42. The van der Waals surface area contributed by atoms with Gasteiger partial charge in [-0.15, -0.1) is 0 Å². The van der Waals surface area contributed by atoms with Gasteiger partial charge in [0.15, 0.2) is 6.61 Å². The van der Waals surface area contributed by atoms with Crippen LogP contribution in [0.2, 0.25) is 0 Å². The minimum Gasteiger partial charge on any atom is -0.452 e. The van der Waals surface area contributed by atoms with Crippen molar-refractivity contribution >= 4 is 39.9 Å². The van der Waals surface area contributed by atoms with E-state index in [0.717, 1.165) is 15.7 Å². The van der Waals surface area contributed by atoms with Crippen LogP contribution in [0, 0.1) is 0 Å². The van der Waals surface area contributed by atoms with Crippen molar-refractivity contribution < 1.29 is 19.1 Å². The molecule has 0 fully saturated rings. The second kappa shape index (κ2) is 10.4. The minimum absolute atomic E-state index is 0.570. The number of carbonyl (C=O) groups is 3. The zero-order chi connectivity index (χ0) is 22.2. The molecule has 158 valence electrons. The Morgan fingerprint density at radius 3 is 2.48 bits per heavy atom. The van der Waals surface area contributed by atoms with Crippen LogP contribution in [0.3, 0.4) is 0 Å². The van der Waals surface area contributed by atoms with Gasteiger partial charge in [-0.1, -0.05) is 46.3 Å². The third-order valence-corrected chi connectivity index (χ3v) is 4.63. The first-order chi connectivity index (χ1) is 15.0. The zero-order valence-electron chi connectivity index (χ0n) is 16.5. The number of ether oxygens (including phenoxy) is 1. The van der Waals surface area contributed by atoms with Crippen LogP contribution in [0.25, 0.3) is 23.0 Å². The number of aromatic nitrogens is 2. The normalized spacial score (nSPS) is 10.6. The maximum Gasteiger partial charge on any atom is 0.331 e. The molecule has 1 heterocycles. The summed E-state index contributed by atoms with van der Waals surface area (Å²) in [5.74, 6) is -1.45. The number of carbonyl (C=O) groups excluding carboxylic acids is 3. The lowest BCUT2D eigenvalue weighted by atomic mass is 10.1. The molecule has 3 amide bonds. The molecule has 8 nitrogen and oxygen atoms in total. The molecule has 1 aromatic heterocycles. The van der Waals surface area contributed by atoms with E-state index in [0.29, 0.717) is 11.3 Å². The minimum atomic E-state index is -0.728. The molecular formula is C22H19BrN4O4. The molecule has 0 spiro atoms. The van der Waals surface area contributed by atoms with E-state index in [-0.39, 0.29) is 0 Å². The van der Waals surface area contributed by atoms with Gasteiger partial charge in [-0.05, 0) is 30.3 Å². The van der Waals surface area contributed by atoms with Crippen LogP contribution in [0.4, 0.5) is 4.79 Å². The molecule has 0 saturated carbocycles. The lowest BCUT2D eigenvalue weighted by molar-refractivity contribution is -0.143. The summed E-state index contributed by atoms with van der Waals surface area (Å²) in [5.41, 5.74) is 3.11. The number of benzene rings is 2. The Morgan fingerprint density at radius 1 is 1.10 bits per heavy atom. The SMILES string of the molecule is CNC(=O)NC(=O)COC(=O)/C=C/c1cn(-c2ccccc2)nc1-c1ccc(Br)cc1. The standard InChI is InChI=1S/C22H19BrN4O4/c1-24-22(30)25-19(28)14-31-20(29)12-9-16-13-27(18-5-3-2-4-6-18)26-21(16)15-7-10-17(23)11-8-15/h2-13H,14H2,1H3,(H2,24,25,28,30)/b12-9+. The molecule has 9 heteroatoms. The van der Waals surface area contributed by atoms with E-state index in [4.69, 9.17) is 4.74 Å². The molecule has 0 aliphatic carbocycles. The van der Waals surface area contributed by atoms with Crippen molar-refractivity contribution in [3.63, 3.8) is 0 Å². The predicted molar refractivity (Wildman–Crippen MR) is 119 cm³/mol. The number of hydrogen-bond donors (Lipinski definition) is 2. The van der Waals surface area contributed by atoms with Crippen LogP contribution < -0.4 is 10.6 Å². The Balaban J connectivity index is 1.79. The number of esters is 1. The van der Waals surface area contributed by atoms with Crippen molar-refractivity contribution in [2.24, 2.45) is 0 Å². The van der Waals surface area contributed by atoms with Crippen molar-refractivity contribution in [1.29, 1.82) is 0 Å². The smallest absolute Gasteiger partial charge is 0.331 e. The topological polar surface area (TPSA) is 102 Å². The fraction of sp³-hybridized carbons (Fsp3) is 0.0909. The van der Waals surface area contributed by atoms with Crippen molar-refractivity contribution in [2.45, 2.75) is 0 Å². The number of hydrogen-bond acceptors (Lipinski definition) is 5. The fourth-order valence-corrected chi connectivity index (χ4v) is 2.89. The van der Waals surface area contributed by atoms with Crippen molar-refractivity contribution in [1.82, 2.24) is 20.4 Å². The molecule has 0 unspecified atom stereocenters. The monoisotopic (exact) mass is 482 g/mol. The molecule has 0 atom stereocenters. The number of amides is 3.